The van der Waals surface area contributed by atoms with Gasteiger partial charge in [-0.3, -0.25) is 0 Å². The normalized spacial score (nSPS) is 11.7. The molecule has 81 valence electrons. The van der Waals surface area contributed by atoms with E-state index in [9.17, 15) is 4.79 Å². The first kappa shape index (κ1) is 15.7. The summed E-state index contributed by atoms with van der Waals surface area (Å²) in [4.78, 5) is 13.4. The van der Waals surface area contributed by atoms with Crippen LogP contribution >= 0.6 is 0 Å². The fourth-order valence-corrected chi connectivity index (χ4v) is 0.969. The van der Waals surface area contributed by atoms with E-state index in [4.69, 9.17) is 0 Å². The number of ketones is 1. The molecule has 0 saturated heterocycles. The van der Waals surface area contributed by atoms with Gasteiger partial charge in [-0.2, -0.15) is 6.92 Å². The van der Waals surface area contributed by atoms with Gasteiger partial charge in [0, 0.05) is 19.5 Å². The number of rotatable bonds is 4. The van der Waals surface area contributed by atoms with E-state index in [1.165, 1.54) is 0 Å². The largest absolute Gasteiger partial charge is 0.456 e. The number of carbonyl (C=O) groups excluding carboxylic acids is 1. The molecule has 0 aliphatic carbocycles. The molecule has 0 aliphatic rings. The summed E-state index contributed by atoms with van der Waals surface area (Å²) < 4.78 is 0. The van der Waals surface area contributed by atoms with Crippen molar-refractivity contribution in [1.82, 2.24) is 4.90 Å². The number of nitrogens with zero attached hydrogens (tertiary/aromatic N) is 1. The standard InChI is InChI=1S/C10H20NO.Rh/c1-7-11(6)8(2)10(4,5)9(3)12;/h7H2,1-6H3;/q-1;. The summed E-state index contributed by atoms with van der Waals surface area (Å²) >= 11 is 0. The molecule has 3 heteroatoms. The number of hydrogen-bond acceptors (Lipinski definition) is 2. The maximum atomic E-state index is 11.3. The van der Waals surface area contributed by atoms with Crippen LogP contribution in [0.5, 0.6) is 0 Å². The Labute approximate surface area is 94.8 Å². The van der Waals surface area contributed by atoms with Crippen LogP contribution in [0.4, 0.5) is 0 Å². The molecule has 0 aromatic rings. The third kappa shape index (κ3) is 3.87. The van der Waals surface area contributed by atoms with E-state index >= 15 is 0 Å². The van der Waals surface area contributed by atoms with E-state index in [0.29, 0.717) is 0 Å². The van der Waals surface area contributed by atoms with Crippen LogP contribution in [0, 0.1) is 11.5 Å². The predicted molar refractivity (Wildman–Crippen MR) is 51.7 cm³/mol. The van der Waals surface area contributed by atoms with Crippen molar-refractivity contribution in [3.63, 3.8) is 0 Å². The number of carbonyl (C=O) groups is 1. The fraction of sp³-hybridized carbons (Fsp3) is 0.800. The minimum absolute atomic E-state index is 0. The summed E-state index contributed by atoms with van der Waals surface area (Å²) in [5.41, 5.74) is -0.315. The van der Waals surface area contributed by atoms with Crippen molar-refractivity contribution in [1.29, 1.82) is 0 Å². The molecule has 0 fully saturated rings. The summed E-state index contributed by atoms with van der Waals surface area (Å²) in [5.74, 6) is 0.223. The third-order valence-electron chi connectivity index (χ3n) is 2.83. The molecule has 0 rings (SSSR count). The molecular weight excluding hydrogens is 253 g/mol. The summed E-state index contributed by atoms with van der Waals surface area (Å²) in [6, 6.07) is 1.14. The van der Waals surface area contributed by atoms with Gasteiger partial charge in [-0.25, -0.2) is 6.04 Å². The average molecular weight is 273 g/mol. The van der Waals surface area contributed by atoms with E-state index in [-0.39, 0.29) is 30.7 Å². The minimum Gasteiger partial charge on any atom is -0.456 e. The molecule has 0 aromatic heterocycles. The SMILES string of the molecule is CCN(C)[C-](C)C(C)(C)C(C)=O.[Rh]. The molecule has 0 bridgehead atoms. The molecule has 2 nitrogen and oxygen atoms in total. The quantitative estimate of drug-likeness (QED) is 0.577. The van der Waals surface area contributed by atoms with Crippen molar-refractivity contribution in [2.24, 2.45) is 5.41 Å². The fourth-order valence-electron chi connectivity index (χ4n) is 0.969. The van der Waals surface area contributed by atoms with Gasteiger partial charge in [-0.1, -0.05) is 26.2 Å². The molecular formula is C10H20NORh-. The zero-order valence-electron chi connectivity index (χ0n) is 9.40. The molecule has 0 N–H and O–H groups in total. The second-order valence-corrected chi connectivity index (χ2v) is 3.78. The molecule has 0 aliphatic heterocycles. The van der Waals surface area contributed by atoms with Crippen LogP contribution in [-0.4, -0.2) is 24.3 Å². The Hall–Kier alpha value is 0.253. The Kier molecular flexibility index (Phi) is 7.10. The van der Waals surface area contributed by atoms with Crippen LogP contribution in [0.3, 0.4) is 0 Å². The van der Waals surface area contributed by atoms with Gasteiger partial charge >= 0.3 is 0 Å². The first-order valence-electron chi connectivity index (χ1n) is 4.40. The zero-order valence-corrected chi connectivity index (χ0v) is 11.0. The van der Waals surface area contributed by atoms with Gasteiger partial charge in [-0.05, 0) is 20.5 Å². The van der Waals surface area contributed by atoms with Crippen molar-refractivity contribution >= 4 is 5.78 Å². The monoisotopic (exact) mass is 273 g/mol. The molecule has 1 radical (unpaired) electrons. The van der Waals surface area contributed by atoms with Crippen LogP contribution < -0.4 is 0 Å². The maximum Gasteiger partial charge on any atom is 0.107 e. The van der Waals surface area contributed by atoms with Gasteiger partial charge < -0.3 is 9.69 Å². The third-order valence-corrected chi connectivity index (χ3v) is 2.83. The van der Waals surface area contributed by atoms with Crippen LogP contribution in [0.2, 0.25) is 0 Å². The molecule has 0 spiro atoms. The van der Waals surface area contributed by atoms with Crippen LogP contribution in [0.1, 0.15) is 34.6 Å². The first-order valence-corrected chi connectivity index (χ1v) is 4.40. The summed E-state index contributed by atoms with van der Waals surface area (Å²) in [6.45, 7) is 10.6. The van der Waals surface area contributed by atoms with E-state index in [0.717, 1.165) is 12.6 Å². The maximum absolute atomic E-state index is 11.3. The van der Waals surface area contributed by atoms with Crippen molar-refractivity contribution in [3.05, 3.63) is 6.04 Å². The van der Waals surface area contributed by atoms with Gasteiger partial charge in [0.15, 0.2) is 0 Å². The van der Waals surface area contributed by atoms with Crippen molar-refractivity contribution in [2.45, 2.75) is 34.6 Å². The predicted octanol–water partition coefficient (Wildman–Crippen LogP) is 2.10. The number of hydrogen-bond donors (Lipinski definition) is 0. The number of Topliss-reactive ketones (excluding diaryl/α,β-unsaturated/α-hetero) is 1. The Balaban J connectivity index is 0. The van der Waals surface area contributed by atoms with E-state index < -0.39 is 0 Å². The summed E-state index contributed by atoms with van der Waals surface area (Å²) in [7, 11) is 2.01. The second kappa shape index (κ2) is 5.87. The van der Waals surface area contributed by atoms with E-state index in [2.05, 4.69) is 11.8 Å². The van der Waals surface area contributed by atoms with Gasteiger partial charge in [-0.15, -0.1) is 0 Å². The molecule has 0 saturated carbocycles. The molecule has 0 aromatic carbocycles. The van der Waals surface area contributed by atoms with E-state index in [1.54, 1.807) is 6.92 Å². The first-order chi connectivity index (χ1) is 5.34. The Bertz CT molecular complexity index is 168. The zero-order chi connectivity index (χ0) is 9.94. The topological polar surface area (TPSA) is 20.3 Å². The Morgan fingerprint density at radius 3 is 2.08 bits per heavy atom. The Morgan fingerprint density at radius 1 is 1.46 bits per heavy atom. The smallest absolute Gasteiger partial charge is 0.107 e. The summed E-state index contributed by atoms with van der Waals surface area (Å²) in [5, 5.41) is 0. The molecule has 0 heterocycles. The van der Waals surface area contributed by atoms with Crippen LogP contribution in [0.25, 0.3) is 0 Å². The van der Waals surface area contributed by atoms with Crippen molar-refractivity contribution < 1.29 is 24.3 Å². The van der Waals surface area contributed by atoms with E-state index in [1.807, 2.05) is 27.8 Å². The van der Waals surface area contributed by atoms with Gasteiger partial charge in [0.2, 0.25) is 0 Å². The van der Waals surface area contributed by atoms with Gasteiger partial charge in [0.05, 0.1) is 0 Å². The second-order valence-electron chi connectivity index (χ2n) is 3.78. The van der Waals surface area contributed by atoms with Crippen LogP contribution in [-0.2, 0) is 24.3 Å². The molecule has 13 heavy (non-hydrogen) atoms. The van der Waals surface area contributed by atoms with Crippen molar-refractivity contribution in [3.8, 4) is 0 Å². The van der Waals surface area contributed by atoms with Gasteiger partial charge in [0.25, 0.3) is 0 Å². The Morgan fingerprint density at radius 2 is 1.85 bits per heavy atom. The van der Waals surface area contributed by atoms with Crippen LogP contribution in [0.15, 0.2) is 0 Å². The molecule has 0 atom stereocenters. The minimum atomic E-state index is -0.315. The van der Waals surface area contributed by atoms with Gasteiger partial charge in [0.1, 0.15) is 5.78 Å². The van der Waals surface area contributed by atoms with Crippen molar-refractivity contribution in [2.75, 3.05) is 13.6 Å². The molecule has 0 amide bonds. The average Bonchev–Trinajstić information content (AvgIpc) is 2.01. The molecule has 0 unspecified atom stereocenters. The summed E-state index contributed by atoms with van der Waals surface area (Å²) in [6.07, 6.45) is 0.